The summed E-state index contributed by atoms with van der Waals surface area (Å²) in [5.74, 6) is 0.610. The molecule has 2 fully saturated rings. The van der Waals surface area contributed by atoms with Gasteiger partial charge in [0.1, 0.15) is 9.84 Å². The van der Waals surface area contributed by atoms with Crippen LogP contribution >= 0.6 is 0 Å². The van der Waals surface area contributed by atoms with E-state index in [9.17, 15) is 8.42 Å². The monoisotopic (exact) mass is 289 g/mol. The van der Waals surface area contributed by atoms with Gasteiger partial charge in [-0.15, -0.1) is 0 Å². The largest absolute Gasteiger partial charge is 0.381 e. The molecule has 1 aliphatic heterocycles. The summed E-state index contributed by atoms with van der Waals surface area (Å²) in [7, 11) is -2.82. The van der Waals surface area contributed by atoms with Crippen LogP contribution < -0.4 is 5.32 Å². The summed E-state index contributed by atoms with van der Waals surface area (Å²) in [4.78, 5) is 0. The molecule has 0 aromatic rings. The SMILES string of the molecule is CCS(=O)(=O)CCCC1(CNC2CC2)CCOCC1. The Balaban J connectivity index is 1.82. The van der Waals surface area contributed by atoms with Gasteiger partial charge in [-0.1, -0.05) is 6.92 Å². The molecule has 1 saturated heterocycles. The summed E-state index contributed by atoms with van der Waals surface area (Å²) in [5, 5.41) is 3.62. The van der Waals surface area contributed by atoms with Crippen LogP contribution in [0, 0.1) is 5.41 Å². The van der Waals surface area contributed by atoms with Gasteiger partial charge in [0.05, 0.1) is 5.75 Å². The topological polar surface area (TPSA) is 55.4 Å². The van der Waals surface area contributed by atoms with Crippen LogP contribution in [-0.2, 0) is 14.6 Å². The number of hydrogen-bond donors (Lipinski definition) is 1. The van der Waals surface area contributed by atoms with Crippen LogP contribution in [0.2, 0.25) is 0 Å². The van der Waals surface area contributed by atoms with E-state index in [4.69, 9.17) is 4.74 Å². The predicted molar refractivity (Wildman–Crippen MR) is 77.1 cm³/mol. The molecular weight excluding hydrogens is 262 g/mol. The molecule has 4 nitrogen and oxygen atoms in total. The third-order valence-electron chi connectivity index (χ3n) is 4.50. The van der Waals surface area contributed by atoms with Crippen molar-refractivity contribution in [2.24, 2.45) is 5.41 Å². The van der Waals surface area contributed by atoms with Gasteiger partial charge in [-0.25, -0.2) is 8.42 Å². The van der Waals surface area contributed by atoms with Gasteiger partial charge in [0.2, 0.25) is 0 Å². The molecule has 0 bridgehead atoms. The molecule has 2 rings (SSSR count). The Bertz CT molecular complexity index is 370. The second-order valence-corrected chi connectivity index (χ2v) is 8.58. The van der Waals surface area contributed by atoms with Crippen molar-refractivity contribution in [1.82, 2.24) is 5.32 Å². The quantitative estimate of drug-likeness (QED) is 0.739. The summed E-state index contributed by atoms with van der Waals surface area (Å²) in [6, 6.07) is 0.721. The van der Waals surface area contributed by atoms with Gasteiger partial charge in [0.25, 0.3) is 0 Å². The maximum absolute atomic E-state index is 11.6. The lowest BCUT2D eigenvalue weighted by Crippen LogP contribution is -2.40. The fraction of sp³-hybridized carbons (Fsp3) is 1.00. The highest BCUT2D eigenvalue weighted by atomic mass is 32.2. The highest BCUT2D eigenvalue weighted by Crippen LogP contribution is 2.36. The molecule has 112 valence electrons. The van der Waals surface area contributed by atoms with Gasteiger partial charge < -0.3 is 10.1 Å². The van der Waals surface area contributed by atoms with Gasteiger partial charge in [-0.3, -0.25) is 0 Å². The number of rotatable bonds is 8. The van der Waals surface area contributed by atoms with Crippen LogP contribution in [-0.4, -0.2) is 45.7 Å². The smallest absolute Gasteiger partial charge is 0.150 e. The Morgan fingerprint density at radius 2 is 1.95 bits per heavy atom. The lowest BCUT2D eigenvalue weighted by molar-refractivity contribution is 0.00998. The van der Waals surface area contributed by atoms with Crippen LogP contribution in [0.3, 0.4) is 0 Å². The second kappa shape index (κ2) is 6.55. The lowest BCUT2D eigenvalue weighted by atomic mass is 9.76. The molecule has 19 heavy (non-hydrogen) atoms. The van der Waals surface area contributed by atoms with Gasteiger partial charge in [-0.2, -0.15) is 0 Å². The van der Waals surface area contributed by atoms with Gasteiger partial charge in [0.15, 0.2) is 0 Å². The van der Waals surface area contributed by atoms with Crippen molar-refractivity contribution < 1.29 is 13.2 Å². The highest BCUT2D eigenvalue weighted by molar-refractivity contribution is 7.91. The summed E-state index contributed by atoms with van der Waals surface area (Å²) < 4.78 is 28.6. The number of ether oxygens (including phenoxy) is 1. The fourth-order valence-corrected chi connectivity index (χ4v) is 3.65. The average Bonchev–Trinajstić information content (AvgIpc) is 3.22. The number of sulfone groups is 1. The Kier molecular flexibility index (Phi) is 5.26. The third kappa shape index (κ3) is 5.04. The van der Waals surface area contributed by atoms with Crippen LogP contribution in [0.15, 0.2) is 0 Å². The van der Waals surface area contributed by atoms with Crippen molar-refractivity contribution in [2.75, 3.05) is 31.3 Å². The maximum atomic E-state index is 11.6. The van der Waals surface area contributed by atoms with E-state index in [-0.39, 0.29) is 11.2 Å². The summed E-state index contributed by atoms with van der Waals surface area (Å²) in [6.07, 6.45) is 6.54. The number of hydrogen-bond acceptors (Lipinski definition) is 4. The molecule has 0 amide bonds. The van der Waals surface area contributed by atoms with E-state index >= 15 is 0 Å². The van der Waals surface area contributed by atoms with Crippen molar-refractivity contribution in [3.8, 4) is 0 Å². The maximum Gasteiger partial charge on any atom is 0.150 e. The highest BCUT2D eigenvalue weighted by Gasteiger charge is 2.34. The summed E-state index contributed by atoms with van der Waals surface area (Å²) in [6.45, 7) is 4.42. The fourth-order valence-electron chi connectivity index (χ4n) is 2.78. The van der Waals surface area contributed by atoms with Crippen molar-refractivity contribution in [3.63, 3.8) is 0 Å². The zero-order valence-electron chi connectivity index (χ0n) is 12.0. The molecule has 1 N–H and O–H groups in total. The van der Waals surface area contributed by atoms with Gasteiger partial charge >= 0.3 is 0 Å². The molecule has 2 aliphatic rings. The van der Waals surface area contributed by atoms with E-state index in [1.165, 1.54) is 12.8 Å². The first-order valence-electron chi connectivity index (χ1n) is 7.57. The first-order valence-corrected chi connectivity index (χ1v) is 9.39. The molecule has 0 unspecified atom stereocenters. The van der Waals surface area contributed by atoms with E-state index in [2.05, 4.69) is 5.32 Å². The normalized spacial score (nSPS) is 23.4. The van der Waals surface area contributed by atoms with Crippen LogP contribution in [0.4, 0.5) is 0 Å². The molecular formula is C14H27NO3S. The predicted octanol–water partition coefficient (Wildman–Crippen LogP) is 1.75. The second-order valence-electron chi connectivity index (χ2n) is 6.11. The van der Waals surface area contributed by atoms with Crippen molar-refractivity contribution >= 4 is 9.84 Å². The Morgan fingerprint density at radius 1 is 1.26 bits per heavy atom. The molecule has 1 heterocycles. The first-order chi connectivity index (χ1) is 9.05. The molecule has 1 aliphatic carbocycles. The average molecular weight is 289 g/mol. The van der Waals surface area contributed by atoms with Crippen molar-refractivity contribution in [2.45, 2.75) is 51.5 Å². The Hall–Kier alpha value is -0.130. The van der Waals surface area contributed by atoms with Gasteiger partial charge in [0, 0.05) is 31.6 Å². The molecule has 5 heteroatoms. The minimum atomic E-state index is -2.82. The molecule has 0 aromatic heterocycles. The van der Waals surface area contributed by atoms with Gasteiger partial charge in [-0.05, 0) is 43.9 Å². The zero-order chi connectivity index (χ0) is 13.8. The van der Waals surface area contributed by atoms with E-state index in [0.717, 1.165) is 51.5 Å². The number of nitrogens with one attached hydrogen (secondary N) is 1. The standard InChI is InChI=1S/C14H27NO3S/c1-2-19(16,17)11-3-6-14(7-9-18-10-8-14)12-15-13-4-5-13/h13,15H,2-12H2,1H3. The van der Waals surface area contributed by atoms with E-state index < -0.39 is 9.84 Å². The minimum absolute atomic E-state index is 0.267. The Morgan fingerprint density at radius 3 is 2.53 bits per heavy atom. The molecule has 0 atom stereocenters. The lowest BCUT2D eigenvalue weighted by Gasteiger charge is -2.37. The van der Waals surface area contributed by atoms with Crippen molar-refractivity contribution in [1.29, 1.82) is 0 Å². The third-order valence-corrected chi connectivity index (χ3v) is 6.29. The molecule has 1 saturated carbocycles. The van der Waals surface area contributed by atoms with Crippen LogP contribution in [0.5, 0.6) is 0 Å². The Labute approximate surface area is 117 Å². The molecule has 0 aromatic carbocycles. The van der Waals surface area contributed by atoms with E-state index in [1.807, 2.05) is 0 Å². The molecule has 0 radical (unpaired) electrons. The molecule has 0 spiro atoms. The van der Waals surface area contributed by atoms with Crippen LogP contribution in [0.1, 0.15) is 45.4 Å². The zero-order valence-corrected chi connectivity index (χ0v) is 12.8. The van der Waals surface area contributed by atoms with Crippen molar-refractivity contribution in [3.05, 3.63) is 0 Å². The minimum Gasteiger partial charge on any atom is -0.381 e. The van der Waals surface area contributed by atoms with E-state index in [1.54, 1.807) is 6.92 Å². The first kappa shape index (κ1) is 15.3. The van der Waals surface area contributed by atoms with E-state index in [0.29, 0.717) is 5.75 Å². The summed E-state index contributed by atoms with van der Waals surface area (Å²) >= 11 is 0. The van der Waals surface area contributed by atoms with Crippen LogP contribution in [0.25, 0.3) is 0 Å². The summed E-state index contributed by atoms with van der Waals surface area (Å²) in [5.41, 5.74) is 0.268.